The van der Waals surface area contributed by atoms with Gasteiger partial charge in [0.2, 0.25) is 5.89 Å². The summed E-state index contributed by atoms with van der Waals surface area (Å²) in [5.41, 5.74) is 6.83. The van der Waals surface area contributed by atoms with Crippen molar-refractivity contribution in [2.75, 3.05) is 11.1 Å². The molecule has 11 heteroatoms. The molecule has 0 aliphatic carbocycles. The first-order valence-corrected chi connectivity index (χ1v) is 10.9. The van der Waals surface area contributed by atoms with Crippen molar-refractivity contribution < 1.29 is 27.1 Å². The number of anilines is 2. The van der Waals surface area contributed by atoms with Crippen LogP contribution in [0.5, 0.6) is 5.75 Å². The number of benzene rings is 1. The van der Waals surface area contributed by atoms with Crippen molar-refractivity contribution in [2.24, 2.45) is 0 Å². The molecular formula is C25H20F3N5O3. The smallest absolute Gasteiger partial charge is 0.433 e. The second-order valence-electron chi connectivity index (χ2n) is 8.94. The summed E-state index contributed by atoms with van der Waals surface area (Å²) < 4.78 is 50.4. The van der Waals surface area contributed by atoms with Crippen LogP contribution in [0.2, 0.25) is 0 Å². The Morgan fingerprint density at radius 3 is 2.61 bits per heavy atom. The third-order valence-corrected chi connectivity index (χ3v) is 5.58. The number of carbonyl (C=O) groups excluding carboxylic acids is 1. The fourth-order valence-electron chi connectivity index (χ4n) is 3.99. The molecule has 1 aliphatic heterocycles. The minimum atomic E-state index is -4.56. The van der Waals surface area contributed by atoms with Crippen molar-refractivity contribution in [3.63, 3.8) is 0 Å². The summed E-state index contributed by atoms with van der Waals surface area (Å²) in [5.74, 6) is 0.485. The summed E-state index contributed by atoms with van der Waals surface area (Å²) >= 11 is 0. The van der Waals surface area contributed by atoms with Crippen molar-refractivity contribution in [2.45, 2.75) is 32.0 Å². The van der Waals surface area contributed by atoms with E-state index in [1.807, 2.05) is 13.8 Å². The first-order valence-electron chi connectivity index (χ1n) is 10.9. The topological polar surface area (TPSA) is 116 Å². The lowest BCUT2D eigenvalue weighted by Gasteiger charge is -2.17. The number of hydrogen-bond acceptors (Lipinski definition) is 7. The van der Waals surface area contributed by atoms with E-state index in [0.29, 0.717) is 34.5 Å². The van der Waals surface area contributed by atoms with Crippen LogP contribution < -0.4 is 15.8 Å². The summed E-state index contributed by atoms with van der Waals surface area (Å²) in [5, 5.41) is 2.80. The number of hydrogen-bond donors (Lipinski definition) is 2. The summed E-state index contributed by atoms with van der Waals surface area (Å²) in [4.78, 5) is 24.7. The van der Waals surface area contributed by atoms with Crippen molar-refractivity contribution in [1.82, 2.24) is 15.0 Å². The van der Waals surface area contributed by atoms with Crippen LogP contribution >= 0.6 is 0 Å². The summed E-state index contributed by atoms with van der Waals surface area (Å²) in [7, 11) is 0. The van der Waals surface area contributed by atoms with Crippen molar-refractivity contribution in [3.05, 3.63) is 72.0 Å². The second kappa shape index (κ2) is 8.36. The van der Waals surface area contributed by atoms with Gasteiger partial charge in [-0.25, -0.2) is 9.97 Å². The van der Waals surface area contributed by atoms with Crippen LogP contribution in [0, 0.1) is 0 Å². The Morgan fingerprint density at radius 2 is 1.92 bits per heavy atom. The Morgan fingerprint density at radius 1 is 1.11 bits per heavy atom. The third kappa shape index (κ3) is 4.59. The minimum Gasteiger partial charge on any atom is -0.487 e. The molecule has 0 atom stereocenters. The van der Waals surface area contributed by atoms with Gasteiger partial charge >= 0.3 is 6.18 Å². The lowest BCUT2D eigenvalue weighted by molar-refractivity contribution is -0.141. The highest BCUT2D eigenvalue weighted by Gasteiger charge is 2.33. The van der Waals surface area contributed by atoms with Gasteiger partial charge < -0.3 is 20.2 Å². The largest absolute Gasteiger partial charge is 0.487 e. The van der Waals surface area contributed by atoms with Crippen molar-refractivity contribution >= 4 is 17.4 Å². The van der Waals surface area contributed by atoms with E-state index in [0.717, 1.165) is 17.8 Å². The normalized spacial score (nSPS) is 14.2. The number of nitrogen functional groups attached to an aromatic ring is 1. The van der Waals surface area contributed by atoms with Gasteiger partial charge in [0.1, 0.15) is 29.1 Å². The van der Waals surface area contributed by atoms with E-state index in [1.165, 1.54) is 18.5 Å². The number of oxazole rings is 1. The van der Waals surface area contributed by atoms with Crippen molar-refractivity contribution in [1.29, 1.82) is 0 Å². The van der Waals surface area contributed by atoms with Gasteiger partial charge in [0.15, 0.2) is 5.69 Å². The molecule has 4 heterocycles. The average molecular weight is 495 g/mol. The van der Waals surface area contributed by atoms with Crippen LogP contribution in [0.25, 0.3) is 22.6 Å². The van der Waals surface area contributed by atoms with E-state index in [-0.39, 0.29) is 17.4 Å². The van der Waals surface area contributed by atoms with E-state index in [2.05, 4.69) is 20.3 Å². The van der Waals surface area contributed by atoms with E-state index >= 15 is 0 Å². The van der Waals surface area contributed by atoms with Crippen LogP contribution in [0.15, 0.2) is 59.5 Å². The number of carbonyl (C=O) groups is 1. The maximum absolute atomic E-state index is 13.1. The summed E-state index contributed by atoms with van der Waals surface area (Å²) in [6.07, 6.45) is -0.158. The van der Waals surface area contributed by atoms with E-state index in [4.69, 9.17) is 14.9 Å². The number of ether oxygens (including phenoxy) is 1. The minimum absolute atomic E-state index is 0.00829. The number of fused-ring (bicyclic) bond motifs is 1. The number of nitrogens with one attached hydrogen (secondary N) is 1. The number of pyridine rings is 2. The molecule has 4 aromatic rings. The van der Waals surface area contributed by atoms with Gasteiger partial charge in [-0.2, -0.15) is 13.2 Å². The molecule has 184 valence electrons. The van der Waals surface area contributed by atoms with Gasteiger partial charge in [0, 0.05) is 46.8 Å². The number of amides is 1. The molecule has 3 aromatic heterocycles. The summed E-state index contributed by atoms with van der Waals surface area (Å²) in [6, 6.07) is 8.84. The van der Waals surface area contributed by atoms with Crippen LogP contribution in [0.3, 0.4) is 0 Å². The predicted octanol–water partition coefficient (Wildman–Crippen LogP) is 5.37. The van der Waals surface area contributed by atoms with E-state index < -0.39 is 23.4 Å². The molecule has 0 saturated carbocycles. The zero-order chi connectivity index (χ0) is 25.7. The average Bonchev–Trinajstić information content (AvgIpc) is 3.41. The lowest BCUT2D eigenvalue weighted by Crippen LogP contribution is -2.24. The molecule has 36 heavy (non-hydrogen) atoms. The Bertz CT molecular complexity index is 1460. The number of rotatable bonds is 4. The first kappa shape index (κ1) is 23.3. The Balaban J connectivity index is 1.49. The van der Waals surface area contributed by atoms with Gasteiger partial charge in [-0.15, -0.1) is 0 Å². The molecule has 1 aliphatic rings. The van der Waals surface area contributed by atoms with Gasteiger partial charge in [-0.3, -0.25) is 9.78 Å². The quantitative estimate of drug-likeness (QED) is 0.391. The van der Waals surface area contributed by atoms with Crippen LogP contribution in [0.1, 0.15) is 35.6 Å². The van der Waals surface area contributed by atoms with Crippen LogP contribution in [-0.4, -0.2) is 26.5 Å². The number of aromatic nitrogens is 3. The zero-order valence-corrected chi connectivity index (χ0v) is 19.2. The fourth-order valence-corrected chi connectivity index (χ4v) is 3.99. The van der Waals surface area contributed by atoms with E-state index in [9.17, 15) is 18.0 Å². The summed E-state index contributed by atoms with van der Waals surface area (Å²) in [6.45, 7) is 3.85. The Hall–Kier alpha value is -4.41. The molecule has 1 amide bonds. The number of nitrogens with two attached hydrogens (primary N) is 1. The van der Waals surface area contributed by atoms with E-state index in [1.54, 1.807) is 24.3 Å². The molecule has 1 aromatic carbocycles. The standard InChI is InChI=1S/C25H20F3N5O3/c1-24(2)10-15-7-17(16(9-19(15)36-24)14-3-4-20(31-11-14)25(26,27)28)32-22(34)18-12-35-23(33-18)13-5-6-30-21(29)8-13/h3-9,11-12H,10H2,1-2H3,(H2,29,30)(H,32,34). The molecule has 0 saturated heterocycles. The molecule has 0 bridgehead atoms. The Kier molecular flexibility index (Phi) is 5.42. The molecule has 0 radical (unpaired) electrons. The monoisotopic (exact) mass is 495 g/mol. The highest BCUT2D eigenvalue weighted by Crippen LogP contribution is 2.42. The van der Waals surface area contributed by atoms with Crippen molar-refractivity contribution in [3.8, 4) is 28.3 Å². The van der Waals surface area contributed by atoms with Crippen LogP contribution in [0.4, 0.5) is 24.7 Å². The second-order valence-corrected chi connectivity index (χ2v) is 8.94. The molecule has 8 nitrogen and oxygen atoms in total. The number of alkyl halides is 3. The Labute approximate surface area is 203 Å². The maximum atomic E-state index is 13.1. The highest BCUT2D eigenvalue weighted by molar-refractivity contribution is 6.05. The maximum Gasteiger partial charge on any atom is 0.433 e. The molecular weight excluding hydrogens is 475 g/mol. The molecule has 3 N–H and O–H groups in total. The van der Waals surface area contributed by atoms with Crippen LogP contribution in [-0.2, 0) is 12.6 Å². The number of halogens is 3. The SMILES string of the molecule is CC1(C)Cc2cc(NC(=O)c3coc(-c4ccnc(N)c4)n3)c(-c3ccc(C(F)(F)F)nc3)cc2O1. The highest BCUT2D eigenvalue weighted by atomic mass is 19.4. The lowest BCUT2D eigenvalue weighted by atomic mass is 9.97. The van der Waals surface area contributed by atoms with Gasteiger partial charge in [0.05, 0.1) is 0 Å². The molecule has 5 rings (SSSR count). The van der Waals surface area contributed by atoms with Gasteiger partial charge in [0.25, 0.3) is 5.91 Å². The predicted molar refractivity (Wildman–Crippen MR) is 125 cm³/mol. The fraction of sp³-hybridized carbons (Fsp3) is 0.200. The first-order chi connectivity index (χ1) is 17.0. The number of nitrogens with zero attached hydrogens (tertiary/aromatic N) is 3. The van der Waals surface area contributed by atoms with Gasteiger partial charge in [-0.1, -0.05) is 6.07 Å². The van der Waals surface area contributed by atoms with Gasteiger partial charge in [-0.05, 0) is 44.2 Å². The third-order valence-electron chi connectivity index (χ3n) is 5.58. The molecule has 0 fully saturated rings. The molecule has 0 unspecified atom stereocenters. The zero-order valence-electron chi connectivity index (χ0n) is 19.2. The molecule has 0 spiro atoms.